The monoisotopic (exact) mass is 538 g/mol. The van der Waals surface area contributed by atoms with Gasteiger partial charge in [-0.05, 0) is 77.9 Å². The number of aromatic hydroxyl groups is 1. The maximum Gasteiger partial charge on any atom is 0.254 e. The third kappa shape index (κ3) is 4.87. The molecule has 6 nitrogen and oxygen atoms in total. The normalized spacial score (nSPS) is 19.3. The number of phenols is 1. The first-order chi connectivity index (χ1) is 16.5. The molecule has 0 fully saturated rings. The van der Waals surface area contributed by atoms with Crippen LogP contribution in [0.15, 0.2) is 63.4 Å². The summed E-state index contributed by atoms with van der Waals surface area (Å²) in [5.41, 5.74) is 4.81. The summed E-state index contributed by atoms with van der Waals surface area (Å²) in [6.45, 7) is 10.2. The first kappa shape index (κ1) is 25.0. The highest BCUT2D eigenvalue weighted by molar-refractivity contribution is 9.10. The second-order valence-corrected chi connectivity index (χ2v) is 10.8. The molecule has 2 aromatic carbocycles. The quantitative estimate of drug-likeness (QED) is 0.427. The minimum absolute atomic E-state index is 0.0125. The fourth-order valence-electron chi connectivity index (χ4n) is 5.00. The molecule has 1 amide bonds. The maximum absolute atomic E-state index is 13.7. The summed E-state index contributed by atoms with van der Waals surface area (Å²) < 4.78 is 6.11. The summed E-state index contributed by atoms with van der Waals surface area (Å²) in [6, 6.07) is 11.1. The highest BCUT2D eigenvalue weighted by Gasteiger charge is 2.43. The van der Waals surface area contributed by atoms with Gasteiger partial charge in [-0.25, -0.2) is 0 Å². The summed E-state index contributed by atoms with van der Waals surface area (Å²) in [6.07, 6.45) is 1.10. The predicted molar refractivity (Wildman–Crippen MR) is 140 cm³/mol. The number of ketones is 1. The van der Waals surface area contributed by atoms with Crippen LogP contribution in [0, 0.1) is 12.3 Å². The molecule has 2 aliphatic rings. The molecule has 4 rings (SSSR count). The van der Waals surface area contributed by atoms with Crippen LogP contribution in [0.4, 0.5) is 5.69 Å². The number of phenolic OH excluding ortho intramolecular Hbond substituents is 1. The third-order valence-corrected chi connectivity index (χ3v) is 7.17. The molecule has 0 saturated heterocycles. The average molecular weight is 539 g/mol. The number of rotatable bonds is 5. The minimum Gasteiger partial charge on any atom is -0.503 e. The van der Waals surface area contributed by atoms with E-state index in [1.807, 2.05) is 45.0 Å². The van der Waals surface area contributed by atoms with Gasteiger partial charge in [0.2, 0.25) is 0 Å². The molecular formula is C28H31BrN2O4. The average Bonchev–Trinajstić information content (AvgIpc) is 2.76. The van der Waals surface area contributed by atoms with Crippen LogP contribution in [0.25, 0.3) is 0 Å². The maximum atomic E-state index is 13.7. The molecule has 35 heavy (non-hydrogen) atoms. The number of amides is 1. The van der Waals surface area contributed by atoms with Gasteiger partial charge in [-0.15, -0.1) is 0 Å². The first-order valence-corrected chi connectivity index (χ1v) is 12.6. The zero-order valence-corrected chi connectivity index (χ0v) is 22.3. The van der Waals surface area contributed by atoms with Crippen molar-refractivity contribution >= 4 is 33.3 Å². The van der Waals surface area contributed by atoms with Crippen LogP contribution in [-0.4, -0.2) is 23.4 Å². The highest BCUT2D eigenvalue weighted by atomic mass is 79.9. The standard InChI is InChI=1S/C28H31BrN2O4/c1-6-35-22-12-17(11-18(29)26(22)33)24-23(27(34)31-19-10-8-7-9-15(19)2)16(3)30-20-13-28(4,5)14-21(32)25(20)24/h7-12,24,30,33H,6,13-14H2,1-5H3,(H,31,34). The van der Waals surface area contributed by atoms with Gasteiger partial charge in [0, 0.05) is 40.6 Å². The summed E-state index contributed by atoms with van der Waals surface area (Å²) in [7, 11) is 0. The van der Waals surface area contributed by atoms with Crippen molar-refractivity contribution in [3.05, 3.63) is 74.5 Å². The van der Waals surface area contributed by atoms with Gasteiger partial charge in [-0.3, -0.25) is 9.59 Å². The Bertz CT molecular complexity index is 1280. The van der Waals surface area contributed by atoms with Crippen LogP contribution in [0.1, 0.15) is 57.6 Å². The number of benzene rings is 2. The number of hydrogen-bond donors (Lipinski definition) is 3. The SMILES string of the molecule is CCOc1cc(C2C(C(=O)Nc3ccccc3C)=C(C)NC3=C2C(=O)CC(C)(C)C3)cc(Br)c1O. The van der Waals surface area contributed by atoms with Crippen molar-refractivity contribution in [2.45, 2.75) is 53.4 Å². The van der Waals surface area contributed by atoms with Gasteiger partial charge in [-0.2, -0.15) is 0 Å². The van der Waals surface area contributed by atoms with Crippen molar-refractivity contribution < 1.29 is 19.4 Å². The van der Waals surface area contributed by atoms with Gasteiger partial charge < -0.3 is 20.5 Å². The number of ether oxygens (including phenoxy) is 1. The number of carbonyl (C=O) groups excluding carboxylic acids is 2. The molecule has 0 aromatic heterocycles. The topological polar surface area (TPSA) is 87.7 Å². The molecule has 0 radical (unpaired) electrons. The van der Waals surface area contributed by atoms with Crippen LogP contribution < -0.4 is 15.4 Å². The summed E-state index contributed by atoms with van der Waals surface area (Å²) >= 11 is 3.43. The number of dihydropyridines is 1. The molecule has 1 atom stereocenters. The van der Waals surface area contributed by atoms with Crippen LogP contribution in [-0.2, 0) is 9.59 Å². The van der Waals surface area contributed by atoms with Gasteiger partial charge in [0.05, 0.1) is 11.1 Å². The van der Waals surface area contributed by atoms with E-state index in [0.29, 0.717) is 57.8 Å². The Morgan fingerprint density at radius 2 is 1.94 bits per heavy atom. The second-order valence-electron chi connectivity index (χ2n) is 9.98. The number of aryl methyl sites for hydroxylation is 1. The molecule has 2 aromatic rings. The van der Waals surface area contributed by atoms with Crippen LogP contribution in [0.5, 0.6) is 11.5 Å². The van der Waals surface area contributed by atoms with Gasteiger partial charge >= 0.3 is 0 Å². The Labute approximate surface area is 214 Å². The summed E-state index contributed by atoms with van der Waals surface area (Å²) in [5.74, 6) is -0.570. The zero-order chi connectivity index (χ0) is 25.5. The van der Waals surface area contributed by atoms with E-state index in [1.165, 1.54) is 0 Å². The largest absolute Gasteiger partial charge is 0.503 e. The van der Waals surface area contributed by atoms with Crippen molar-refractivity contribution in [3.63, 3.8) is 0 Å². The Kier molecular flexibility index (Phi) is 6.82. The van der Waals surface area contributed by atoms with E-state index >= 15 is 0 Å². The zero-order valence-electron chi connectivity index (χ0n) is 20.7. The Morgan fingerprint density at radius 1 is 1.23 bits per heavy atom. The van der Waals surface area contributed by atoms with E-state index < -0.39 is 5.92 Å². The van der Waals surface area contributed by atoms with Gasteiger partial charge in [0.1, 0.15) is 0 Å². The van der Waals surface area contributed by atoms with Crippen molar-refractivity contribution in [1.29, 1.82) is 0 Å². The van der Waals surface area contributed by atoms with E-state index in [0.717, 1.165) is 11.3 Å². The predicted octanol–water partition coefficient (Wildman–Crippen LogP) is 6.10. The molecule has 1 heterocycles. The van der Waals surface area contributed by atoms with E-state index in [4.69, 9.17) is 4.74 Å². The van der Waals surface area contributed by atoms with E-state index in [1.54, 1.807) is 12.1 Å². The van der Waals surface area contributed by atoms with Gasteiger partial charge in [0.15, 0.2) is 17.3 Å². The summed E-state index contributed by atoms with van der Waals surface area (Å²) in [5, 5.41) is 16.9. The molecule has 0 saturated carbocycles. The summed E-state index contributed by atoms with van der Waals surface area (Å²) in [4.78, 5) is 27.3. The number of nitrogens with one attached hydrogen (secondary N) is 2. The number of para-hydroxylation sites is 1. The molecule has 184 valence electrons. The van der Waals surface area contributed by atoms with Crippen LogP contribution in [0.3, 0.4) is 0 Å². The Balaban J connectivity index is 1.88. The van der Waals surface area contributed by atoms with E-state index in [2.05, 4.69) is 40.4 Å². The van der Waals surface area contributed by atoms with Crippen molar-refractivity contribution in [2.75, 3.05) is 11.9 Å². The number of Topliss-reactive ketones (excluding diaryl/α,β-unsaturated/α-hetero) is 1. The smallest absolute Gasteiger partial charge is 0.254 e. The molecule has 1 aliphatic heterocycles. The van der Waals surface area contributed by atoms with E-state index in [-0.39, 0.29) is 22.9 Å². The lowest BCUT2D eigenvalue weighted by molar-refractivity contribution is -0.118. The lowest BCUT2D eigenvalue weighted by Crippen LogP contribution is -2.39. The van der Waals surface area contributed by atoms with Crippen molar-refractivity contribution in [2.24, 2.45) is 5.41 Å². The first-order valence-electron chi connectivity index (χ1n) is 11.8. The molecule has 1 unspecified atom stereocenters. The lowest BCUT2D eigenvalue weighted by Gasteiger charge is -2.39. The van der Waals surface area contributed by atoms with Gasteiger partial charge in [-0.1, -0.05) is 32.0 Å². The van der Waals surface area contributed by atoms with Gasteiger partial charge in [0.25, 0.3) is 5.91 Å². The third-order valence-electron chi connectivity index (χ3n) is 6.56. The van der Waals surface area contributed by atoms with Crippen LogP contribution in [0.2, 0.25) is 0 Å². The number of allylic oxidation sites excluding steroid dienone is 3. The molecule has 7 heteroatoms. The molecule has 3 N–H and O–H groups in total. The Morgan fingerprint density at radius 3 is 2.63 bits per heavy atom. The molecule has 0 spiro atoms. The molecule has 0 bridgehead atoms. The fourth-order valence-corrected chi connectivity index (χ4v) is 5.46. The highest BCUT2D eigenvalue weighted by Crippen LogP contribution is 2.49. The van der Waals surface area contributed by atoms with Crippen LogP contribution >= 0.6 is 15.9 Å². The Hall–Kier alpha value is -3.06. The number of halogens is 1. The number of anilines is 1. The molecule has 1 aliphatic carbocycles. The fraction of sp³-hybridized carbons (Fsp3) is 0.357. The van der Waals surface area contributed by atoms with Crippen molar-refractivity contribution in [3.8, 4) is 11.5 Å². The molecular weight excluding hydrogens is 508 g/mol. The second kappa shape index (κ2) is 9.53. The van der Waals surface area contributed by atoms with E-state index in [9.17, 15) is 14.7 Å². The van der Waals surface area contributed by atoms with Crippen molar-refractivity contribution in [1.82, 2.24) is 5.32 Å². The number of carbonyl (C=O) groups is 2. The minimum atomic E-state index is -0.602. The lowest BCUT2D eigenvalue weighted by atomic mass is 9.68. The number of hydrogen-bond acceptors (Lipinski definition) is 5.